The van der Waals surface area contributed by atoms with E-state index in [9.17, 15) is 9.59 Å². The minimum Gasteiger partial charge on any atom is -0.371 e. The predicted octanol–water partition coefficient (Wildman–Crippen LogP) is 5.80. The highest BCUT2D eigenvalue weighted by atomic mass is 16.1. The van der Waals surface area contributed by atoms with E-state index in [1.165, 1.54) is 25.3 Å². The molecule has 0 radical (unpaired) electrons. The van der Waals surface area contributed by atoms with E-state index in [2.05, 4.69) is 49.9 Å². The van der Waals surface area contributed by atoms with Gasteiger partial charge < -0.3 is 4.90 Å². The summed E-state index contributed by atoms with van der Waals surface area (Å²) < 4.78 is 0. The van der Waals surface area contributed by atoms with E-state index in [1.54, 1.807) is 30.3 Å². The summed E-state index contributed by atoms with van der Waals surface area (Å²) in [5, 5.41) is 0. The zero-order valence-corrected chi connectivity index (χ0v) is 17.5. The van der Waals surface area contributed by atoms with Crippen LogP contribution in [0.5, 0.6) is 0 Å². The Labute approximate surface area is 169 Å². The van der Waals surface area contributed by atoms with E-state index in [4.69, 9.17) is 0 Å². The summed E-state index contributed by atoms with van der Waals surface area (Å²) in [7, 11) is 0. The van der Waals surface area contributed by atoms with Crippen molar-refractivity contribution in [2.75, 3.05) is 13.1 Å². The Kier molecular flexibility index (Phi) is 8.19. The summed E-state index contributed by atoms with van der Waals surface area (Å²) in [5.74, 6) is -0.0476. The maximum Gasteiger partial charge on any atom is 0.187 e. The second-order valence-corrected chi connectivity index (χ2v) is 7.00. The lowest BCUT2D eigenvalue weighted by atomic mass is 10.0. The van der Waals surface area contributed by atoms with Gasteiger partial charge in [0.15, 0.2) is 11.6 Å². The molecule has 0 aliphatic carbocycles. The van der Waals surface area contributed by atoms with E-state index < -0.39 is 0 Å². The topological polar surface area (TPSA) is 37.4 Å². The number of aryl methyl sites for hydroxylation is 1. The van der Waals surface area contributed by atoms with Gasteiger partial charge in [-0.15, -0.1) is 0 Å². The molecular formula is C25H31NO2. The number of unbranched alkanes of at least 4 members (excludes halogenated alkanes) is 1. The van der Waals surface area contributed by atoms with Crippen LogP contribution < -0.4 is 0 Å². The predicted molar refractivity (Wildman–Crippen MR) is 117 cm³/mol. The number of hydrogen-bond donors (Lipinski definition) is 0. The van der Waals surface area contributed by atoms with E-state index in [1.807, 2.05) is 0 Å². The number of carbonyl (C=O) groups excluding carboxylic acids is 2. The fourth-order valence-electron chi connectivity index (χ4n) is 3.22. The van der Waals surface area contributed by atoms with E-state index in [0.717, 1.165) is 30.8 Å². The monoisotopic (exact) mass is 377 g/mol. The van der Waals surface area contributed by atoms with Crippen LogP contribution in [0.1, 0.15) is 72.4 Å². The van der Waals surface area contributed by atoms with Gasteiger partial charge in [-0.3, -0.25) is 9.59 Å². The van der Waals surface area contributed by atoms with Crippen LogP contribution in [-0.2, 0) is 6.42 Å². The first-order chi connectivity index (χ1) is 13.5. The third-order valence-electron chi connectivity index (χ3n) is 5.02. The van der Waals surface area contributed by atoms with Crippen molar-refractivity contribution in [1.82, 2.24) is 4.90 Å². The van der Waals surface area contributed by atoms with Crippen LogP contribution in [0.15, 0.2) is 54.6 Å². The van der Waals surface area contributed by atoms with Crippen LogP contribution >= 0.6 is 0 Å². The number of hydrogen-bond acceptors (Lipinski definition) is 3. The largest absolute Gasteiger partial charge is 0.371 e. The molecule has 2 aromatic rings. The van der Waals surface area contributed by atoms with Gasteiger partial charge in [0.05, 0.1) is 0 Å². The number of allylic oxidation sites excluding steroid dienone is 1. The fourth-order valence-corrected chi connectivity index (χ4v) is 3.22. The highest BCUT2D eigenvalue weighted by molar-refractivity contribution is 6.08. The maximum absolute atomic E-state index is 12.9. The lowest BCUT2D eigenvalue weighted by Crippen LogP contribution is -2.22. The van der Waals surface area contributed by atoms with Crippen LogP contribution in [-0.4, -0.2) is 29.6 Å². The van der Waals surface area contributed by atoms with Gasteiger partial charge in [0.2, 0.25) is 0 Å². The van der Waals surface area contributed by atoms with Gasteiger partial charge >= 0.3 is 0 Å². The maximum atomic E-state index is 12.9. The number of rotatable bonds is 10. The number of ketones is 2. The average molecular weight is 378 g/mol. The Morgan fingerprint density at radius 2 is 1.36 bits per heavy atom. The van der Waals surface area contributed by atoms with Crippen molar-refractivity contribution < 1.29 is 9.59 Å². The minimum atomic E-state index is -0.0490. The number of benzene rings is 2. The molecule has 3 nitrogen and oxygen atoms in total. The second kappa shape index (κ2) is 10.6. The van der Waals surface area contributed by atoms with Crippen LogP contribution in [0, 0.1) is 0 Å². The zero-order valence-electron chi connectivity index (χ0n) is 17.5. The highest BCUT2D eigenvalue weighted by Crippen LogP contribution is 2.22. The Bertz CT molecular complexity index is 813. The second-order valence-electron chi connectivity index (χ2n) is 7.00. The molecule has 3 heteroatoms. The highest BCUT2D eigenvalue weighted by Gasteiger charge is 2.13. The number of carbonyl (C=O) groups is 2. The summed E-state index contributed by atoms with van der Waals surface area (Å²) in [6.45, 7) is 9.58. The molecule has 0 N–H and O–H groups in total. The standard InChI is InChI=1S/C25H31NO2/c1-5-8-9-20-10-12-22(13-11-20)24(26(6-2)7-3)18-25(28)23-16-14-21(15-17-23)19(4)27/h10-18H,5-9H2,1-4H3/b24-18-. The molecule has 0 atom stereocenters. The van der Waals surface area contributed by atoms with Crippen LogP contribution in [0.4, 0.5) is 0 Å². The molecule has 0 bridgehead atoms. The van der Waals surface area contributed by atoms with Gasteiger partial charge in [-0.1, -0.05) is 61.9 Å². The van der Waals surface area contributed by atoms with E-state index in [0.29, 0.717) is 11.1 Å². The fraction of sp³-hybridized carbons (Fsp3) is 0.360. The lowest BCUT2D eigenvalue weighted by Gasteiger charge is -2.25. The van der Waals surface area contributed by atoms with Gasteiger partial charge in [0.25, 0.3) is 0 Å². The molecule has 0 aromatic heterocycles. The summed E-state index contributed by atoms with van der Waals surface area (Å²) in [5.41, 5.74) is 4.53. The van der Waals surface area contributed by atoms with Crippen molar-refractivity contribution >= 4 is 17.3 Å². The lowest BCUT2D eigenvalue weighted by molar-refractivity contribution is 0.101. The summed E-state index contributed by atoms with van der Waals surface area (Å²) >= 11 is 0. The Morgan fingerprint density at radius 1 is 0.821 bits per heavy atom. The van der Waals surface area contributed by atoms with Gasteiger partial charge in [0, 0.05) is 36.0 Å². The van der Waals surface area contributed by atoms with E-state index >= 15 is 0 Å². The van der Waals surface area contributed by atoms with Gasteiger partial charge in [0.1, 0.15) is 0 Å². The third kappa shape index (κ3) is 5.66. The molecule has 2 aromatic carbocycles. The Balaban J connectivity index is 2.33. The molecule has 148 valence electrons. The molecule has 0 saturated carbocycles. The first-order valence-electron chi connectivity index (χ1n) is 10.2. The van der Waals surface area contributed by atoms with Gasteiger partial charge in [-0.2, -0.15) is 0 Å². The van der Waals surface area contributed by atoms with Crippen LogP contribution in [0.3, 0.4) is 0 Å². The third-order valence-corrected chi connectivity index (χ3v) is 5.02. The van der Waals surface area contributed by atoms with Crippen molar-refractivity contribution in [2.24, 2.45) is 0 Å². The van der Waals surface area contributed by atoms with Crippen molar-refractivity contribution in [3.63, 3.8) is 0 Å². The average Bonchev–Trinajstić information content (AvgIpc) is 2.72. The molecule has 0 spiro atoms. The molecule has 0 unspecified atom stereocenters. The van der Waals surface area contributed by atoms with E-state index in [-0.39, 0.29) is 11.6 Å². The molecule has 28 heavy (non-hydrogen) atoms. The Hall–Kier alpha value is -2.68. The normalized spacial score (nSPS) is 11.4. The first-order valence-corrected chi connectivity index (χ1v) is 10.2. The first kappa shape index (κ1) is 21.6. The van der Waals surface area contributed by atoms with Crippen molar-refractivity contribution in [1.29, 1.82) is 0 Å². The van der Waals surface area contributed by atoms with Gasteiger partial charge in [-0.05, 0) is 44.7 Å². The van der Waals surface area contributed by atoms with Crippen LogP contribution in [0.2, 0.25) is 0 Å². The quantitative estimate of drug-likeness (QED) is 0.388. The zero-order chi connectivity index (χ0) is 20.5. The molecule has 0 fully saturated rings. The summed E-state index contributed by atoms with van der Waals surface area (Å²) in [4.78, 5) is 26.5. The molecular weight excluding hydrogens is 346 g/mol. The van der Waals surface area contributed by atoms with Crippen LogP contribution in [0.25, 0.3) is 5.70 Å². The van der Waals surface area contributed by atoms with Crippen molar-refractivity contribution in [2.45, 2.75) is 47.0 Å². The van der Waals surface area contributed by atoms with Crippen molar-refractivity contribution in [3.05, 3.63) is 76.9 Å². The smallest absolute Gasteiger partial charge is 0.187 e. The molecule has 2 rings (SSSR count). The van der Waals surface area contributed by atoms with Crippen molar-refractivity contribution in [3.8, 4) is 0 Å². The molecule has 0 aliphatic heterocycles. The number of nitrogens with zero attached hydrogens (tertiary/aromatic N) is 1. The molecule has 0 heterocycles. The molecule has 0 aliphatic rings. The summed E-state index contributed by atoms with van der Waals surface area (Å²) in [6.07, 6.45) is 5.18. The Morgan fingerprint density at radius 3 is 1.86 bits per heavy atom. The summed E-state index contributed by atoms with van der Waals surface area (Å²) in [6, 6.07) is 15.4. The number of Topliss-reactive ketones (excluding diaryl/α,β-unsaturated/α-hetero) is 1. The molecule has 0 saturated heterocycles. The minimum absolute atomic E-state index is 0.00142. The SMILES string of the molecule is CCCCc1ccc(/C(=C/C(=O)c2ccc(C(C)=O)cc2)N(CC)CC)cc1. The van der Waals surface area contributed by atoms with Gasteiger partial charge in [-0.25, -0.2) is 0 Å². The molecule has 0 amide bonds.